The zero-order valence-corrected chi connectivity index (χ0v) is 9.35. The van der Waals surface area contributed by atoms with Crippen molar-refractivity contribution >= 4 is 12.2 Å². The summed E-state index contributed by atoms with van der Waals surface area (Å²) < 4.78 is 36.9. The van der Waals surface area contributed by atoms with Crippen molar-refractivity contribution in [3.8, 4) is 0 Å². The third-order valence-electron chi connectivity index (χ3n) is 2.36. The van der Waals surface area contributed by atoms with E-state index in [9.17, 15) is 13.2 Å². The average Bonchev–Trinajstić information content (AvgIpc) is 2.37. The molecule has 0 amide bonds. The van der Waals surface area contributed by atoms with Crippen molar-refractivity contribution in [2.24, 2.45) is 0 Å². The van der Waals surface area contributed by atoms with Crippen LogP contribution in [-0.2, 0) is 6.18 Å². The molecular formula is C14H10F3N. The number of aromatic nitrogens is 1. The standard InChI is InChI=1S/C14H10F3N/c15-14(16,17)12-7-9-13(18-10-12)8-6-11-4-2-1-3-5-11/h1-10H/b8-6+. The minimum atomic E-state index is -4.34. The molecule has 0 aliphatic heterocycles. The van der Waals surface area contributed by atoms with E-state index in [4.69, 9.17) is 0 Å². The molecule has 0 saturated carbocycles. The number of rotatable bonds is 2. The van der Waals surface area contributed by atoms with E-state index < -0.39 is 11.7 Å². The van der Waals surface area contributed by atoms with Crippen molar-refractivity contribution in [3.05, 3.63) is 65.5 Å². The summed E-state index contributed by atoms with van der Waals surface area (Å²) in [5, 5.41) is 0. The Kier molecular flexibility index (Phi) is 3.46. The van der Waals surface area contributed by atoms with Crippen molar-refractivity contribution in [2.75, 3.05) is 0 Å². The summed E-state index contributed by atoms with van der Waals surface area (Å²) in [6.07, 6.45) is -0.0234. The summed E-state index contributed by atoms with van der Waals surface area (Å²) in [5.41, 5.74) is 0.727. The van der Waals surface area contributed by atoms with Gasteiger partial charge < -0.3 is 0 Å². The molecule has 0 radical (unpaired) electrons. The zero-order valence-electron chi connectivity index (χ0n) is 9.35. The Hall–Kier alpha value is -2.10. The van der Waals surface area contributed by atoms with Crippen LogP contribution in [0.25, 0.3) is 12.2 Å². The van der Waals surface area contributed by atoms with E-state index in [-0.39, 0.29) is 0 Å². The highest BCUT2D eigenvalue weighted by Crippen LogP contribution is 2.28. The Morgan fingerprint density at radius 1 is 0.889 bits per heavy atom. The lowest BCUT2D eigenvalue weighted by Crippen LogP contribution is -2.05. The van der Waals surface area contributed by atoms with E-state index >= 15 is 0 Å². The Morgan fingerprint density at radius 3 is 2.17 bits per heavy atom. The molecule has 0 N–H and O–H groups in total. The van der Waals surface area contributed by atoms with Gasteiger partial charge in [0, 0.05) is 6.20 Å². The molecule has 18 heavy (non-hydrogen) atoms. The van der Waals surface area contributed by atoms with Crippen molar-refractivity contribution in [1.29, 1.82) is 0 Å². The predicted molar refractivity (Wildman–Crippen MR) is 64.6 cm³/mol. The molecule has 0 fully saturated rings. The third kappa shape index (κ3) is 3.20. The lowest BCUT2D eigenvalue weighted by atomic mass is 10.2. The number of hydrogen-bond donors (Lipinski definition) is 0. The monoisotopic (exact) mass is 249 g/mol. The van der Waals surface area contributed by atoms with E-state index in [1.807, 2.05) is 30.3 Å². The molecule has 4 heteroatoms. The topological polar surface area (TPSA) is 12.9 Å². The second kappa shape index (κ2) is 5.04. The number of benzene rings is 1. The lowest BCUT2D eigenvalue weighted by molar-refractivity contribution is -0.137. The fraction of sp³-hybridized carbons (Fsp3) is 0.0714. The molecule has 0 saturated heterocycles. The summed E-state index contributed by atoms with van der Waals surface area (Å²) in [6.45, 7) is 0. The molecule has 1 aromatic carbocycles. The van der Waals surface area contributed by atoms with Gasteiger partial charge >= 0.3 is 6.18 Å². The van der Waals surface area contributed by atoms with Gasteiger partial charge in [0.1, 0.15) is 0 Å². The molecule has 0 atom stereocenters. The first-order valence-electron chi connectivity index (χ1n) is 5.32. The van der Waals surface area contributed by atoms with Crippen LogP contribution in [0.5, 0.6) is 0 Å². The first-order chi connectivity index (χ1) is 8.55. The summed E-state index contributed by atoms with van der Waals surface area (Å²) >= 11 is 0. The maximum atomic E-state index is 12.3. The quantitative estimate of drug-likeness (QED) is 0.774. The number of nitrogens with zero attached hydrogens (tertiary/aromatic N) is 1. The summed E-state index contributed by atoms with van der Waals surface area (Å²) in [7, 11) is 0. The molecule has 1 nitrogen and oxygen atoms in total. The Labute approximate surface area is 103 Å². The first kappa shape index (κ1) is 12.4. The maximum Gasteiger partial charge on any atom is 0.417 e. The van der Waals surface area contributed by atoms with E-state index in [2.05, 4.69) is 4.98 Å². The summed E-state index contributed by atoms with van der Waals surface area (Å²) in [5.74, 6) is 0. The summed E-state index contributed by atoms with van der Waals surface area (Å²) in [6, 6.07) is 11.9. The normalized spacial score (nSPS) is 11.9. The van der Waals surface area contributed by atoms with Crippen LogP contribution in [0.4, 0.5) is 13.2 Å². The molecule has 0 aliphatic rings. The maximum absolute atomic E-state index is 12.3. The SMILES string of the molecule is FC(F)(F)c1ccc(/C=C/c2ccccc2)nc1. The molecular weight excluding hydrogens is 239 g/mol. The molecule has 0 unspecified atom stereocenters. The average molecular weight is 249 g/mol. The van der Waals surface area contributed by atoms with E-state index in [0.29, 0.717) is 5.69 Å². The molecule has 0 spiro atoms. The van der Waals surface area contributed by atoms with Crippen LogP contribution in [0.2, 0.25) is 0 Å². The number of alkyl halides is 3. The molecule has 0 bridgehead atoms. The van der Waals surface area contributed by atoms with Crippen LogP contribution in [0, 0.1) is 0 Å². The van der Waals surface area contributed by atoms with Gasteiger partial charge in [0.25, 0.3) is 0 Å². The van der Waals surface area contributed by atoms with Gasteiger partial charge in [-0.25, -0.2) is 0 Å². The molecule has 2 rings (SSSR count). The van der Waals surface area contributed by atoms with Crippen molar-refractivity contribution in [1.82, 2.24) is 4.98 Å². The van der Waals surface area contributed by atoms with Crippen molar-refractivity contribution < 1.29 is 13.2 Å². The van der Waals surface area contributed by atoms with Gasteiger partial charge in [-0.05, 0) is 23.8 Å². The summed E-state index contributed by atoms with van der Waals surface area (Å²) in [4.78, 5) is 3.75. The molecule has 0 aliphatic carbocycles. The lowest BCUT2D eigenvalue weighted by Gasteiger charge is -2.05. The molecule has 1 aromatic heterocycles. The van der Waals surface area contributed by atoms with Gasteiger partial charge in [-0.15, -0.1) is 0 Å². The molecule has 1 heterocycles. The Balaban J connectivity index is 2.14. The fourth-order valence-corrected chi connectivity index (χ4v) is 1.42. The number of halogens is 3. The van der Waals surface area contributed by atoms with Crippen LogP contribution in [-0.4, -0.2) is 4.98 Å². The van der Waals surface area contributed by atoms with Crippen LogP contribution in [0.15, 0.2) is 48.7 Å². The second-order valence-electron chi connectivity index (χ2n) is 3.71. The van der Waals surface area contributed by atoms with Gasteiger partial charge in [0.15, 0.2) is 0 Å². The minimum absolute atomic E-state index is 0.492. The van der Waals surface area contributed by atoms with E-state index in [0.717, 1.165) is 17.8 Å². The highest BCUT2D eigenvalue weighted by Gasteiger charge is 2.30. The van der Waals surface area contributed by atoms with Crippen LogP contribution in [0.3, 0.4) is 0 Å². The largest absolute Gasteiger partial charge is 0.417 e. The van der Waals surface area contributed by atoms with Crippen LogP contribution >= 0.6 is 0 Å². The minimum Gasteiger partial charge on any atom is -0.256 e. The van der Waals surface area contributed by atoms with Gasteiger partial charge in [-0.2, -0.15) is 13.2 Å². The van der Waals surface area contributed by atoms with E-state index in [1.54, 1.807) is 12.2 Å². The van der Waals surface area contributed by atoms with Gasteiger partial charge in [-0.1, -0.05) is 36.4 Å². The van der Waals surface area contributed by atoms with E-state index in [1.165, 1.54) is 6.07 Å². The predicted octanol–water partition coefficient (Wildman–Crippen LogP) is 4.27. The number of pyridine rings is 1. The first-order valence-corrected chi connectivity index (χ1v) is 5.32. The van der Waals surface area contributed by atoms with Gasteiger partial charge in [0.2, 0.25) is 0 Å². The molecule has 92 valence electrons. The zero-order chi connectivity index (χ0) is 13.0. The molecule has 2 aromatic rings. The van der Waals surface area contributed by atoms with Gasteiger partial charge in [-0.3, -0.25) is 4.98 Å². The highest BCUT2D eigenvalue weighted by atomic mass is 19.4. The fourth-order valence-electron chi connectivity index (χ4n) is 1.42. The highest BCUT2D eigenvalue weighted by molar-refractivity contribution is 5.67. The van der Waals surface area contributed by atoms with Gasteiger partial charge in [0.05, 0.1) is 11.3 Å². The van der Waals surface area contributed by atoms with Crippen LogP contribution in [0.1, 0.15) is 16.8 Å². The van der Waals surface area contributed by atoms with Crippen molar-refractivity contribution in [3.63, 3.8) is 0 Å². The van der Waals surface area contributed by atoms with Crippen LogP contribution < -0.4 is 0 Å². The second-order valence-corrected chi connectivity index (χ2v) is 3.71. The number of hydrogen-bond acceptors (Lipinski definition) is 1. The Bertz CT molecular complexity index is 527. The smallest absolute Gasteiger partial charge is 0.256 e. The third-order valence-corrected chi connectivity index (χ3v) is 2.36. The Morgan fingerprint density at radius 2 is 1.61 bits per heavy atom. The van der Waals surface area contributed by atoms with Crippen molar-refractivity contribution in [2.45, 2.75) is 6.18 Å².